The van der Waals surface area contributed by atoms with Gasteiger partial charge >= 0.3 is 0 Å². The fourth-order valence-corrected chi connectivity index (χ4v) is 1.97. The SMILES string of the molecule is COc1c(C)c(C)cc(C)c1CCCN. The van der Waals surface area contributed by atoms with Gasteiger partial charge < -0.3 is 10.5 Å². The fourth-order valence-electron chi connectivity index (χ4n) is 1.97. The van der Waals surface area contributed by atoms with Gasteiger partial charge in [0.25, 0.3) is 0 Å². The molecule has 0 amide bonds. The molecule has 84 valence electrons. The van der Waals surface area contributed by atoms with Crippen LogP contribution in [0.3, 0.4) is 0 Å². The number of rotatable bonds is 4. The summed E-state index contributed by atoms with van der Waals surface area (Å²) in [6.45, 7) is 7.10. The lowest BCUT2D eigenvalue weighted by molar-refractivity contribution is 0.405. The van der Waals surface area contributed by atoms with E-state index in [0.29, 0.717) is 0 Å². The van der Waals surface area contributed by atoms with Gasteiger partial charge in [0.15, 0.2) is 0 Å². The van der Waals surface area contributed by atoms with Gasteiger partial charge in [-0.1, -0.05) is 6.07 Å². The molecular weight excluding hydrogens is 186 g/mol. The third kappa shape index (κ3) is 2.51. The van der Waals surface area contributed by atoms with Crippen LogP contribution in [0.15, 0.2) is 6.07 Å². The lowest BCUT2D eigenvalue weighted by atomic mass is 9.96. The van der Waals surface area contributed by atoms with Crippen molar-refractivity contribution in [2.24, 2.45) is 5.73 Å². The molecule has 0 atom stereocenters. The molecule has 0 unspecified atom stereocenters. The second-order valence-corrected chi connectivity index (χ2v) is 4.04. The van der Waals surface area contributed by atoms with Crippen molar-refractivity contribution >= 4 is 0 Å². The van der Waals surface area contributed by atoms with Crippen molar-refractivity contribution < 1.29 is 4.74 Å². The Bertz CT molecular complexity index is 345. The Hall–Kier alpha value is -1.02. The van der Waals surface area contributed by atoms with Crippen LogP contribution in [0.2, 0.25) is 0 Å². The summed E-state index contributed by atoms with van der Waals surface area (Å²) in [6.07, 6.45) is 2.02. The largest absolute Gasteiger partial charge is 0.496 e. The number of methoxy groups -OCH3 is 1. The molecule has 15 heavy (non-hydrogen) atoms. The monoisotopic (exact) mass is 207 g/mol. The molecule has 0 aromatic heterocycles. The van der Waals surface area contributed by atoms with Crippen molar-refractivity contribution in [3.8, 4) is 5.75 Å². The normalized spacial score (nSPS) is 10.5. The predicted molar refractivity (Wildman–Crippen MR) is 64.6 cm³/mol. The molecule has 0 heterocycles. The highest BCUT2D eigenvalue weighted by molar-refractivity contribution is 5.49. The van der Waals surface area contributed by atoms with Gasteiger partial charge in [-0.15, -0.1) is 0 Å². The number of hydrogen-bond acceptors (Lipinski definition) is 2. The van der Waals surface area contributed by atoms with Crippen LogP contribution in [0.5, 0.6) is 5.75 Å². The van der Waals surface area contributed by atoms with Crippen LogP contribution >= 0.6 is 0 Å². The first-order valence-corrected chi connectivity index (χ1v) is 5.45. The smallest absolute Gasteiger partial charge is 0.125 e. The van der Waals surface area contributed by atoms with E-state index in [-0.39, 0.29) is 0 Å². The molecule has 2 heteroatoms. The first kappa shape index (κ1) is 12.1. The first-order valence-electron chi connectivity index (χ1n) is 5.45. The van der Waals surface area contributed by atoms with Gasteiger partial charge in [-0.3, -0.25) is 0 Å². The number of aryl methyl sites for hydroxylation is 2. The summed E-state index contributed by atoms with van der Waals surface area (Å²) in [4.78, 5) is 0. The van der Waals surface area contributed by atoms with Gasteiger partial charge in [-0.05, 0) is 62.4 Å². The van der Waals surface area contributed by atoms with E-state index in [4.69, 9.17) is 10.5 Å². The minimum atomic E-state index is 0.732. The highest BCUT2D eigenvalue weighted by Gasteiger charge is 2.11. The molecule has 0 aliphatic carbocycles. The van der Waals surface area contributed by atoms with E-state index in [1.807, 2.05) is 0 Å². The van der Waals surface area contributed by atoms with E-state index in [0.717, 1.165) is 25.1 Å². The highest BCUT2D eigenvalue weighted by atomic mass is 16.5. The molecule has 0 spiro atoms. The van der Waals surface area contributed by atoms with Crippen molar-refractivity contribution in [3.63, 3.8) is 0 Å². The minimum Gasteiger partial charge on any atom is -0.496 e. The standard InChI is InChI=1S/C13H21NO/c1-9-8-10(2)12(6-5-7-14)13(15-4)11(9)3/h8H,5-7,14H2,1-4H3. The average Bonchev–Trinajstić information content (AvgIpc) is 2.21. The Labute approximate surface area is 92.4 Å². The lowest BCUT2D eigenvalue weighted by Gasteiger charge is -2.16. The Morgan fingerprint density at radius 1 is 1.20 bits per heavy atom. The second-order valence-electron chi connectivity index (χ2n) is 4.04. The minimum absolute atomic E-state index is 0.732. The van der Waals surface area contributed by atoms with E-state index < -0.39 is 0 Å². The maximum absolute atomic E-state index is 5.55. The summed E-state index contributed by atoms with van der Waals surface area (Å²) in [5.41, 5.74) is 10.7. The van der Waals surface area contributed by atoms with Crippen molar-refractivity contribution in [1.82, 2.24) is 0 Å². The van der Waals surface area contributed by atoms with Gasteiger partial charge in [0.05, 0.1) is 7.11 Å². The van der Waals surface area contributed by atoms with E-state index in [9.17, 15) is 0 Å². The maximum Gasteiger partial charge on any atom is 0.125 e. The Balaban J connectivity index is 3.16. The van der Waals surface area contributed by atoms with Crippen LogP contribution in [0.1, 0.15) is 28.7 Å². The molecule has 0 fully saturated rings. The number of hydrogen-bond donors (Lipinski definition) is 1. The summed E-state index contributed by atoms with van der Waals surface area (Å²) in [7, 11) is 1.74. The Morgan fingerprint density at radius 3 is 2.40 bits per heavy atom. The summed E-state index contributed by atoms with van der Waals surface area (Å²) in [5, 5.41) is 0. The van der Waals surface area contributed by atoms with Crippen LogP contribution in [0, 0.1) is 20.8 Å². The van der Waals surface area contributed by atoms with Crippen LogP contribution in [0.4, 0.5) is 0 Å². The molecule has 1 aromatic rings. The number of benzene rings is 1. The summed E-state index contributed by atoms with van der Waals surface area (Å²) < 4.78 is 5.49. The predicted octanol–water partition coefficient (Wildman–Crippen LogP) is 2.51. The molecule has 0 aliphatic rings. The van der Waals surface area contributed by atoms with Crippen LogP contribution in [0.25, 0.3) is 0 Å². The van der Waals surface area contributed by atoms with Gasteiger partial charge in [0, 0.05) is 0 Å². The van der Waals surface area contributed by atoms with Crippen molar-refractivity contribution in [2.75, 3.05) is 13.7 Å². The van der Waals surface area contributed by atoms with Crippen molar-refractivity contribution in [1.29, 1.82) is 0 Å². The first-order chi connectivity index (χ1) is 7.11. The molecule has 0 bridgehead atoms. The zero-order valence-corrected chi connectivity index (χ0v) is 10.2. The quantitative estimate of drug-likeness (QED) is 0.823. The van der Waals surface area contributed by atoms with E-state index in [1.54, 1.807) is 7.11 Å². The molecule has 1 rings (SSSR count). The third-order valence-corrected chi connectivity index (χ3v) is 2.95. The molecule has 2 nitrogen and oxygen atoms in total. The van der Waals surface area contributed by atoms with Crippen LogP contribution in [-0.4, -0.2) is 13.7 Å². The topological polar surface area (TPSA) is 35.2 Å². The molecule has 0 saturated carbocycles. The third-order valence-electron chi connectivity index (χ3n) is 2.95. The zero-order chi connectivity index (χ0) is 11.4. The number of ether oxygens (including phenoxy) is 1. The van der Waals surface area contributed by atoms with Crippen LogP contribution in [-0.2, 0) is 6.42 Å². The molecule has 0 saturated heterocycles. The molecule has 0 radical (unpaired) electrons. The summed E-state index contributed by atoms with van der Waals surface area (Å²) >= 11 is 0. The molecule has 0 aliphatic heterocycles. The van der Waals surface area contributed by atoms with Gasteiger partial charge in [-0.25, -0.2) is 0 Å². The summed E-state index contributed by atoms with van der Waals surface area (Å²) in [6, 6.07) is 2.23. The average molecular weight is 207 g/mol. The molecule has 2 N–H and O–H groups in total. The van der Waals surface area contributed by atoms with E-state index in [2.05, 4.69) is 26.8 Å². The highest BCUT2D eigenvalue weighted by Crippen LogP contribution is 2.30. The maximum atomic E-state index is 5.55. The number of nitrogens with two attached hydrogens (primary N) is 1. The Kier molecular flexibility index (Phi) is 4.15. The van der Waals surface area contributed by atoms with E-state index >= 15 is 0 Å². The fraction of sp³-hybridized carbons (Fsp3) is 0.538. The van der Waals surface area contributed by atoms with E-state index in [1.165, 1.54) is 22.3 Å². The van der Waals surface area contributed by atoms with Crippen molar-refractivity contribution in [3.05, 3.63) is 28.3 Å². The lowest BCUT2D eigenvalue weighted by Crippen LogP contribution is -2.04. The van der Waals surface area contributed by atoms with Crippen molar-refractivity contribution in [2.45, 2.75) is 33.6 Å². The van der Waals surface area contributed by atoms with Gasteiger partial charge in [0.2, 0.25) is 0 Å². The second kappa shape index (κ2) is 5.17. The molecule has 1 aromatic carbocycles. The molecular formula is C13H21NO. The van der Waals surface area contributed by atoms with Gasteiger partial charge in [0.1, 0.15) is 5.75 Å². The van der Waals surface area contributed by atoms with Gasteiger partial charge in [-0.2, -0.15) is 0 Å². The summed E-state index contributed by atoms with van der Waals surface area (Å²) in [5.74, 6) is 1.04. The van der Waals surface area contributed by atoms with Crippen LogP contribution < -0.4 is 10.5 Å². The Morgan fingerprint density at radius 2 is 1.87 bits per heavy atom. The zero-order valence-electron chi connectivity index (χ0n) is 10.2.